The molecule has 0 aliphatic heterocycles. The molecule has 0 bridgehead atoms. The SMILES string of the molecule is CCOc1ccccc1NC(=O)CCCOc1ccc(C(C)C)c(C)c1. The van der Waals surface area contributed by atoms with Crippen LogP contribution >= 0.6 is 0 Å². The maximum absolute atomic E-state index is 12.1. The second-order valence-electron chi connectivity index (χ2n) is 6.60. The average Bonchev–Trinajstić information content (AvgIpc) is 2.60. The number of amides is 1. The van der Waals surface area contributed by atoms with Gasteiger partial charge in [-0.25, -0.2) is 0 Å². The van der Waals surface area contributed by atoms with Gasteiger partial charge in [0.05, 0.1) is 18.9 Å². The number of carbonyl (C=O) groups excluding carboxylic acids is 1. The zero-order valence-electron chi connectivity index (χ0n) is 16.2. The Labute approximate surface area is 156 Å². The molecule has 26 heavy (non-hydrogen) atoms. The monoisotopic (exact) mass is 355 g/mol. The van der Waals surface area contributed by atoms with Crippen LogP contribution in [0.1, 0.15) is 50.7 Å². The van der Waals surface area contributed by atoms with Gasteiger partial charge in [0.25, 0.3) is 0 Å². The molecular formula is C22H29NO3. The van der Waals surface area contributed by atoms with Crippen LogP contribution in [0.3, 0.4) is 0 Å². The molecule has 0 heterocycles. The van der Waals surface area contributed by atoms with Crippen LogP contribution in [-0.2, 0) is 4.79 Å². The fourth-order valence-electron chi connectivity index (χ4n) is 2.87. The van der Waals surface area contributed by atoms with E-state index in [0.717, 1.165) is 5.75 Å². The molecule has 0 saturated carbocycles. The van der Waals surface area contributed by atoms with E-state index in [4.69, 9.17) is 9.47 Å². The van der Waals surface area contributed by atoms with Crippen molar-refractivity contribution in [3.8, 4) is 11.5 Å². The summed E-state index contributed by atoms with van der Waals surface area (Å²) in [4.78, 5) is 12.1. The number of hydrogen-bond donors (Lipinski definition) is 1. The van der Waals surface area contributed by atoms with Crippen molar-refractivity contribution in [3.63, 3.8) is 0 Å². The Morgan fingerprint density at radius 2 is 1.88 bits per heavy atom. The minimum Gasteiger partial charge on any atom is -0.494 e. The van der Waals surface area contributed by atoms with E-state index in [1.807, 2.05) is 37.3 Å². The third-order valence-corrected chi connectivity index (χ3v) is 4.14. The van der Waals surface area contributed by atoms with Crippen LogP contribution in [0, 0.1) is 6.92 Å². The number of ether oxygens (including phenoxy) is 2. The number of para-hydroxylation sites is 2. The molecule has 4 nitrogen and oxygen atoms in total. The molecule has 0 spiro atoms. The van der Waals surface area contributed by atoms with E-state index in [1.165, 1.54) is 11.1 Å². The molecule has 0 atom stereocenters. The van der Waals surface area contributed by atoms with Crippen LogP contribution in [0.4, 0.5) is 5.69 Å². The molecule has 0 unspecified atom stereocenters. The standard InChI is InChI=1S/C22H29NO3/c1-5-25-21-10-7-6-9-20(21)23-22(24)11-8-14-26-18-12-13-19(16(2)3)17(4)15-18/h6-7,9-10,12-13,15-16H,5,8,11,14H2,1-4H3,(H,23,24). The van der Waals surface area contributed by atoms with E-state index in [1.54, 1.807) is 0 Å². The predicted octanol–water partition coefficient (Wildman–Crippen LogP) is 5.31. The first-order chi connectivity index (χ1) is 12.5. The maximum atomic E-state index is 12.1. The van der Waals surface area contributed by atoms with Gasteiger partial charge in [-0.1, -0.05) is 32.0 Å². The number of nitrogens with one attached hydrogen (secondary N) is 1. The van der Waals surface area contributed by atoms with Gasteiger partial charge in [0.2, 0.25) is 5.91 Å². The summed E-state index contributed by atoms with van der Waals surface area (Å²) in [5.74, 6) is 2.02. The fourth-order valence-corrected chi connectivity index (χ4v) is 2.87. The predicted molar refractivity (Wildman–Crippen MR) is 106 cm³/mol. The highest BCUT2D eigenvalue weighted by molar-refractivity contribution is 5.92. The second kappa shape index (κ2) is 9.85. The van der Waals surface area contributed by atoms with Crippen molar-refractivity contribution in [2.75, 3.05) is 18.5 Å². The lowest BCUT2D eigenvalue weighted by Crippen LogP contribution is -2.13. The Morgan fingerprint density at radius 1 is 1.12 bits per heavy atom. The quantitative estimate of drug-likeness (QED) is 0.620. The van der Waals surface area contributed by atoms with Gasteiger partial charge in [-0.05, 0) is 61.6 Å². The van der Waals surface area contributed by atoms with Gasteiger partial charge >= 0.3 is 0 Å². The van der Waals surface area contributed by atoms with Crippen molar-refractivity contribution in [2.45, 2.75) is 46.5 Å². The number of aryl methyl sites for hydroxylation is 1. The third kappa shape index (κ3) is 5.80. The van der Waals surface area contributed by atoms with Gasteiger partial charge in [0, 0.05) is 6.42 Å². The number of anilines is 1. The summed E-state index contributed by atoms with van der Waals surface area (Å²) in [6.07, 6.45) is 1.07. The van der Waals surface area contributed by atoms with Crippen LogP contribution in [0.2, 0.25) is 0 Å². The van der Waals surface area contributed by atoms with Crippen LogP contribution in [0.15, 0.2) is 42.5 Å². The lowest BCUT2D eigenvalue weighted by molar-refractivity contribution is -0.116. The Morgan fingerprint density at radius 3 is 2.58 bits per heavy atom. The highest BCUT2D eigenvalue weighted by atomic mass is 16.5. The molecule has 0 saturated heterocycles. The summed E-state index contributed by atoms with van der Waals surface area (Å²) in [5, 5.41) is 2.90. The highest BCUT2D eigenvalue weighted by Gasteiger charge is 2.08. The van der Waals surface area contributed by atoms with Crippen LogP contribution in [-0.4, -0.2) is 19.1 Å². The van der Waals surface area contributed by atoms with Crippen LogP contribution in [0.25, 0.3) is 0 Å². The molecule has 0 aromatic heterocycles. The lowest BCUT2D eigenvalue weighted by atomic mass is 9.98. The normalized spacial score (nSPS) is 10.7. The molecule has 2 aromatic rings. The Balaban J connectivity index is 1.78. The van der Waals surface area contributed by atoms with Crippen molar-refractivity contribution in [2.24, 2.45) is 0 Å². The number of hydrogen-bond acceptors (Lipinski definition) is 3. The molecule has 1 N–H and O–H groups in total. The molecule has 140 valence electrons. The van der Waals surface area contributed by atoms with Crippen molar-refractivity contribution in [1.82, 2.24) is 0 Å². The van der Waals surface area contributed by atoms with Crippen molar-refractivity contribution < 1.29 is 14.3 Å². The molecule has 1 amide bonds. The molecular weight excluding hydrogens is 326 g/mol. The minimum atomic E-state index is -0.0351. The molecule has 0 aliphatic carbocycles. The number of benzene rings is 2. The second-order valence-corrected chi connectivity index (χ2v) is 6.60. The molecule has 2 aromatic carbocycles. The Bertz CT molecular complexity index is 725. The zero-order chi connectivity index (χ0) is 18.9. The van der Waals surface area contributed by atoms with Gasteiger partial charge in [-0.2, -0.15) is 0 Å². The summed E-state index contributed by atoms with van der Waals surface area (Å²) >= 11 is 0. The summed E-state index contributed by atoms with van der Waals surface area (Å²) in [6, 6.07) is 13.6. The van der Waals surface area contributed by atoms with Crippen LogP contribution < -0.4 is 14.8 Å². The van der Waals surface area contributed by atoms with Gasteiger partial charge in [0.15, 0.2) is 0 Å². The van der Waals surface area contributed by atoms with E-state index in [-0.39, 0.29) is 5.91 Å². The fraction of sp³-hybridized carbons (Fsp3) is 0.409. The van der Waals surface area contributed by atoms with E-state index in [9.17, 15) is 4.79 Å². The molecule has 2 rings (SSSR count). The average molecular weight is 355 g/mol. The largest absolute Gasteiger partial charge is 0.494 e. The van der Waals surface area contributed by atoms with Crippen molar-refractivity contribution in [1.29, 1.82) is 0 Å². The summed E-state index contributed by atoms with van der Waals surface area (Å²) < 4.78 is 11.3. The summed E-state index contributed by atoms with van der Waals surface area (Å²) in [7, 11) is 0. The van der Waals surface area contributed by atoms with Crippen LogP contribution in [0.5, 0.6) is 11.5 Å². The van der Waals surface area contributed by atoms with E-state index < -0.39 is 0 Å². The molecule has 0 radical (unpaired) electrons. The first kappa shape index (κ1) is 19.8. The van der Waals surface area contributed by atoms with E-state index >= 15 is 0 Å². The smallest absolute Gasteiger partial charge is 0.224 e. The topological polar surface area (TPSA) is 47.6 Å². The Kier molecular flexibility index (Phi) is 7.52. The number of carbonyl (C=O) groups is 1. The van der Waals surface area contributed by atoms with E-state index in [2.05, 4.69) is 38.2 Å². The molecule has 0 fully saturated rings. The van der Waals surface area contributed by atoms with Gasteiger partial charge < -0.3 is 14.8 Å². The first-order valence-corrected chi connectivity index (χ1v) is 9.26. The van der Waals surface area contributed by atoms with Gasteiger partial charge in [-0.3, -0.25) is 4.79 Å². The van der Waals surface area contributed by atoms with Gasteiger partial charge in [-0.15, -0.1) is 0 Å². The Hall–Kier alpha value is -2.49. The van der Waals surface area contributed by atoms with E-state index in [0.29, 0.717) is 43.4 Å². The first-order valence-electron chi connectivity index (χ1n) is 9.26. The molecule has 4 heteroatoms. The van der Waals surface area contributed by atoms with Crippen molar-refractivity contribution >= 4 is 11.6 Å². The minimum absolute atomic E-state index is 0.0351. The third-order valence-electron chi connectivity index (χ3n) is 4.14. The summed E-state index contributed by atoms with van der Waals surface area (Å²) in [6.45, 7) is 9.48. The van der Waals surface area contributed by atoms with Crippen molar-refractivity contribution in [3.05, 3.63) is 53.6 Å². The molecule has 0 aliphatic rings. The summed E-state index contributed by atoms with van der Waals surface area (Å²) in [5.41, 5.74) is 3.28. The number of rotatable bonds is 9. The maximum Gasteiger partial charge on any atom is 0.224 e. The highest BCUT2D eigenvalue weighted by Crippen LogP contribution is 2.25. The van der Waals surface area contributed by atoms with Gasteiger partial charge in [0.1, 0.15) is 11.5 Å². The zero-order valence-corrected chi connectivity index (χ0v) is 16.2. The lowest BCUT2D eigenvalue weighted by Gasteiger charge is -2.13.